The van der Waals surface area contributed by atoms with Crippen LogP contribution in [0.25, 0.3) is 0 Å². The van der Waals surface area contributed by atoms with Crippen molar-refractivity contribution in [2.75, 3.05) is 13.6 Å². The van der Waals surface area contributed by atoms with Gasteiger partial charge < -0.3 is 9.64 Å². The maximum atomic E-state index is 12.2. The summed E-state index contributed by atoms with van der Waals surface area (Å²) in [4.78, 5) is 14.6. The molecule has 0 aromatic heterocycles. The van der Waals surface area contributed by atoms with Crippen LogP contribution in [-0.4, -0.2) is 36.6 Å². The second-order valence-corrected chi connectivity index (χ2v) is 6.64. The van der Waals surface area contributed by atoms with Crippen molar-refractivity contribution in [3.63, 3.8) is 0 Å². The number of halogens is 2. The molecule has 0 spiro atoms. The molecule has 1 aromatic rings. The van der Waals surface area contributed by atoms with Gasteiger partial charge in [-0.05, 0) is 38.1 Å². The average Bonchev–Trinajstić information content (AvgIpc) is 2.39. The highest BCUT2D eigenvalue weighted by molar-refractivity contribution is 6.35. The molecule has 2 aliphatic heterocycles. The molecule has 2 bridgehead atoms. The van der Waals surface area contributed by atoms with Crippen molar-refractivity contribution in [3.8, 4) is 0 Å². The molecule has 108 valence electrons. The lowest BCUT2D eigenvalue weighted by molar-refractivity contribution is -0.0558. The third kappa shape index (κ3) is 2.80. The molecular weight excluding hydrogens is 297 g/mol. The molecule has 1 saturated carbocycles. The summed E-state index contributed by atoms with van der Waals surface area (Å²) in [5.74, 6) is 0.123. The summed E-state index contributed by atoms with van der Waals surface area (Å²) in [6.07, 6.45) is 3.30. The highest BCUT2D eigenvalue weighted by Gasteiger charge is 2.40. The quantitative estimate of drug-likeness (QED) is 0.781. The van der Waals surface area contributed by atoms with Crippen LogP contribution >= 0.6 is 23.2 Å². The second kappa shape index (κ2) is 5.55. The number of rotatable bonds is 2. The van der Waals surface area contributed by atoms with Gasteiger partial charge in [0.1, 0.15) is 6.10 Å². The van der Waals surface area contributed by atoms with E-state index in [4.69, 9.17) is 27.9 Å². The molecule has 0 unspecified atom stereocenters. The Bertz CT molecular complexity index is 514. The summed E-state index contributed by atoms with van der Waals surface area (Å²) in [6, 6.07) is 5.35. The van der Waals surface area contributed by atoms with Gasteiger partial charge in [-0.25, -0.2) is 4.79 Å². The number of benzene rings is 1. The molecule has 2 saturated heterocycles. The van der Waals surface area contributed by atoms with Crippen molar-refractivity contribution < 1.29 is 9.53 Å². The summed E-state index contributed by atoms with van der Waals surface area (Å²) in [5, 5.41) is 0.906. The topological polar surface area (TPSA) is 29.5 Å². The molecule has 1 aromatic carbocycles. The first-order chi connectivity index (χ1) is 9.52. The fourth-order valence-corrected chi connectivity index (χ4v) is 3.85. The molecule has 0 N–H and O–H groups in total. The number of ether oxygens (including phenoxy) is 1. The van der Waals surface area contributed by atoms with Crippen LogP contribution in [0.15, 0.2) is 18.2 Å². The molecule has 3 nitrogen and oxygen atoms in total. The summed E-state index contributed by atoms with van der Waals surface area (Å²) in [5.41, 5.74) is 0.428. The van der Waals surface area contributed by atoms with E-state index in [1.807, 2.05) is 0 Å². The van der Waals surface area contributed by atoms with Gasteiger partial charge in [0.2, 0.25) is 0 Å². The van der Waals surface area contributed by atoms with Crippen molar-refractivity contribution in [2.24, 2.45) is 5.92 Å². The highest BCUT2D eigenvalue weighted by atomic mass is 35.5. The van der Waals surface area contributed by atoms with Crippen LogP contribution in [0.1, 0.15) is 29.6 Å². The predicted octanol–water partition coefficient (Wildman–Crippen LogP) is 3.63. The lowest BCUT2D eigenvalue weighted by atomic mass is 9.78. The van der Waals surface area contributed by atoms with Crippen LogP contribution in [0, 0.1) is 5.92 Å². The first kappa shape index (κ1) is 14.2. The maximum Gasteiger partial charge on any atom is 0.338 e. The summed E-state index contributed by atoms with van der Waals surface area (Å²) in [7, 11) is 2.14. The molecule has 3 atom stereocenters. The maximum absolute atomic E-state index is 12.2. The van der Waals surface area contributed by atoms with Crippen LogP contribution in [0.3, 0.4) is 0 Å². The number of hydrogen-bond donors (Lipinski definition) is 0. The summed E-state index contributed by atoms with van der Waals surface area (Å²) < 4.78 is 5.69. The smallest absolute Gasteiger partial charge is 0.338 e. The third-order valence-corrected chi connectivity index (χ3v) is 4.84. The van der Waals surface area contributed by atoms with Crippen molar-refractivity contribution in [1.29, 1.82) is 0 Å². The van der Waals surface area contributed by atoms with Crippen molar-refractivity contribution >= 4 is 29.2 Å². The Balaban J connectivity index is 1.70. The molecule has 3 fully saturated rings. The monoisotopic (exact) mass is 313 g/mol. The fraction of sp³-hybridized carbons (Fsp3) is 0.533. The molecule has 20 heavy (non-hydrogen) atoms. The van der Waals surface area contributed by atoms with E-state index in [0.717, 1.165) is 19.4 Å². The van der Waals surface area contributed by atoms with E-state index >= 15 is 0 Å². The Labute approximate surface area is 128 Å². The number of carbonyl (C=O) groups is 1. The van der Waals surface area contributed by atoms with E-state index < -0.39 is 0 Å². The van der Waals surface area contributed by atoms with Gasteiger partial charge in [-0.1, -0.05) is 23.2 Å². The minimum atomic E-state index is -0.324. The van der Waals surface area contributed by atoms with Crippen molar-refractivity contribution in [2.45, 2.75) is 31.4 Å². The van der Waals surface area contributed by atoms with Crippen LogP contribution in [0.4, 0.5) is 0 Å². The normalized spacial score (nSPS) is 29.4. The molecule has 3 aliphatic rings. The van der Waals surface area contributed by atoms with Gasteiger partial charge in [-0.15, -0.1) is 0 Å². The van der Waals surface area contributed by atoms with E-state index in [-0.39, 0.29) is 12.1 Å². The van der Waals surface area contributed by atoms with Gasteiger partial charge in [0.25, 0.3) is 0 Å². The van der Waals surface area contributed by atoms with Crippen LogP contribution in [-0.2, 0) is 4.74 Å². The minimum Gasteiger partial charge on any atom is -0.458 e. The minimum absolute atomic E-state index is 0.0233. The molecule has 0 radical (unpaired) electrons. The lowest BCUT2D eigenvalue weighted by Gasteiger charge is -2.47. The standard InChI is InChI=1S/C15H17Cl2NO2/c1-18-8-9-2-3-13(18)7-14(9)20-15(19)10-4-11(16)6-12(17)5-10/h4-6,9,13-14H,2-3,7-8H2,1H3/t9-,13-,14+/m0/s1. The number of nitrogens with zero attached hydrogens (tertiary/aromatic N) is 1. The largest absolute Gasteiger partial charge is 0.458 e. The Morgan fingerprint density at radius 3 is 2.50 bits per heavy atom. The SMILES string of the molecule is CN1C[C@@H]2CC[C@H]1C[C@H]2OC(=O)c1cc(Cl)cc(Cl)c1. The van der Waals surface area contributed by atoms with E-state index in [9.17, 15) is 4.79 Å². The molecule has 4 rings (SSSR count). The van der Waals surface area contributed by atoms with E-state index in [0.29, 0.717) is 27.6 Å². The number of carbonyl (C=O) groups excluding carboxylic acids is 1. The molecule has 1 aliphatic carbocycles. The Morgan fingerprint density at radius 1 is 1.25 bits per heavy atom. The van der Waals surface area contributed by atoms with Crippen LogP contribution < -0.4 is 0 Å². The van der Waals surface area contributed by atoms with Gasteiger partial charge in [0, 0.05) is 35.0 Å². The number of fused-ring (bicyclic) bond motifs is 3. The van der Waals surface area contributed by atoms with Crippen LogP contribution in [0.5, 0.6) is 0 Å². The van der Waals surface area contributed by atoms with E-state index in [1.165, 1.54) is 6.42 Å². The highest BCUT2D eigenvalue weighted by Crippen LogP contribution is 2.36. The molecular formula is C15H17Cl2NO2. The Hall–Kier alpha value is -0.770. The van der Waals surface area contributed by atoms with Gasteiger partial charge in [0.15, 0.2) is 0 Å². The fourth-order valence-electron chi connectivity index (χ4n) is 3.32. The molecule has 5 heteroatoms. The van der Waals surface area contributed by atoms with Crippen molar-refractivity contribution in [1.82, 2.24) is 4.90 Å². The zero-order valence-corrected chi connectivity index (χ0v) is 12.8. The van der Waals surface area contributed by atoms with Gasteiger partial charge in [-0.3, -0.25) is 0 Å². The van der Waals surface area contributed by atoms with Gasteiger partial charge in [0.05, 0.1) is 5.56 Å². The molecule has 2 heterocycles. The van der Waals surface area contributed by atoms with Gasteiger partial charge >= 0.3 is 5.97 Å². The Morgan fingerprint density at radius 2 is 1.95 bits per heavy atom. The number of esters is 1. The number of hydrogen-bond acceptors (Lipinski definition) is 3. The third-order valence-electron chi connectivity index (χ3n) is 4.40. The summed E-state index contributed by atoms with van der Waals surface area (Å²) in [6.45, 7) is 1.01. The lowest BCUT2D eigenvalue weighted by Crippen LogP contribution is -2.53. The zero-order valence-electron chi connectivity index (χ0n) is 11.3. The first-order valence-electron chi connectivity index (χ1n) is 6.90. The summed E-state index contributed by atoms with van der Waals surface area (Å²) >= 11 is 11.8. The average molecular weight is 314 g/mol. The first-order valence-corrected chi connectivity index (χ1v) is 7.66. The number of piperidine rings is 2. The van der Waals surface area contributed by atoms with Crippen LogP contribution in [0.2, 0.25) is 10.0 Å². The Kier molecular flexibility index (Phi) is 3.93. The van der Waals surface area contributed by atoms with Crippen molar-refractivity contribution in [3.05, 3.63) is 33.8 Å². The van der Waals surface area contributed by atoms with E-state index in [2.05, 4.69) is 11.9 Å². The second-order valence-electron chi connectivity index (χ2n) is 5.77. The zero-order chi connectivity index (χ0) is 14.3. The predicted molar refractivity (Wildman–Crippen MR) is 79.4 cm³/mol. The molecule has 0 amide bonds. The van der Waals surface area contributed by atoms with E-state index in [1.54, 1.807) is 18.2 Å². The van der Waals surface area contributed by atoms with Gasteiger partial charge in [-0.2, -0.15) is 0 Å².